The van der Waals surface area contributed by atoms with Gasteiger partial charge in [-0.05, 0) is 29.8 Å². The molecule has 0 spiro atoms. The summed E-state index contributed by atoms with van der Waals surface area (Å²) in [7, 11) is 0. The van der Waals surface area contributed by atoms with Crippen LogP contribution in [0.5, 0.6) is 0 Å². The summed E-state index contributed by atoms with van der Waals surface area (Å²) in [4.78, 5) is 12.0. The maximum atomic E-state index is 12.0. The van der Waals surface area contributed by atoms with Crippen molar-refractivity contribution in [3.8, 4) is 0 Å². The van der Waals surface area contributed by atoms with E-state index in [1.807, 2.05) is 34.9 Å². The third kappa shape index (κ3) is 4.20. The summed E-state index contributed by atoms with van der Waals surface area (Å²) >= 11 is 13.5. The van der Waals surface area contributed by atoms with Crippen molar-refractivity contribution >= 4 is 46.5 Å². The first-order chi connectivity index (χ1) is 11.6. The highest BCUT2D eigenvalue weighted by molar-refractivity contribution is 7.99. The van der Waals surface area contributed by atoms with Crippen molar-refractivity contribution in [1.82, 2.24) is 19.9 Å². The number of nitrogens with one attached hydrogen (secondary N) is 1. The van der Waals surface area contributed by atoms with Crippen LogP contribution in [-0.2, 0) is 17.1 Å². The number of benzene rings is 1. The van der Waals surface area contributed by atoms with Gasteiger partial charge in [0.15, 0.2) is 11.5 Å². The third-order valence-electron chi connectivity index (χ3n) is 3.33. The van der Waals surface area contributed by atoms with Gasteiger partial charge in [-0.25, -0.2) is 0 Å². The summed E-state index contributed by atoms with van der Waals surface area (Å²) in [6, 6.07) is 11.0. The van der Waals surface area contributed by atoms with E-state index in [0.29, 0.717) is 33.9 Å². The lowest BCUT2D eigenvalue weighted by Gasteiger charge is -2.06. The van der Waals surface area contributed by atoms with E-state index in [1.165, 1.54) is 11.8 Å². The predicted octanol–water partition coefficient (Wildman–Crippen LogP) is 3.59. The predicted molar refractivity (Wildman–Crippen MR) is 97.5 cm³/mol. The molecule has 1 aromatic carbocycles. The fourth-order valence-corrected chi connectivity index (χ4v) is 3.55. The molecule has 2 aromatic heterocycles. The molecule has 0 aliphatic heterocycles. The fraction of sp³-hybridized carbons (Fsp3) is 0.188. The molecule has 8 heteroatoms. The lowest BCUT2D eigenvalue weighted by molar-refractivity contribution is -0.118. The first-order valence-corrected chi connectivity index (χ1v) is 9.11. The van der Waals surface area contributed by atoms with Crippen LogP contribution < -0.4 is 5.32 Å². The Kier molecular flexibility index (Phi) is 5.60. The van der Waals surface area contributed by atoms with Gasteiger partial charge in [-0.3, -0.25) is 9.20 Å². The summed E-state index contributed by atoms with van der Waals surface area (Å²) in [5.41, 5.74) is 1.72. The van der Waals surface area contributed by atoms with Crippen molar-refractivity contribution in [3.05, 3.63) is 64.0 Å². The first-order valence-electron chi connectivity index (χ1n) is 7.20. The summed E-state index contributed by atoms with van der Waals surface area (Å²) in [6.07, 6.45) is 1.87. The van der Waals surface area contributed by atoms with Crippen LogP contribution in [0, 0.1) is 0 Å². The zero-order valence-corrected chi connectivity index (χ0v) is 14.9. The van der Waals surface area contributed by atoms with Gasteiger partial charge in [-0.2, -0.15) is 0 Å². The van der Waals surface area contributed by atoms with Crippen LogP contribution in [-0.4, -0.2) is 26.3 Å². The lowest BCUT2D eigenvalue weighted by Crippen LogP contribution is -2.25. The second kappa shape index (κ2) is 7.88. The Balaban J connectivity index is 1.47. The number of fused-ring (bicyclic) bond motifs is 1. The Bertz CT molecular complexity index is 868. The van der Waals surface area contributed by atoms with Gasteiger partial charge < -0.3 is 5.32 Å². The average Bonchev–Trinajstić information content (AvgIpc) is 2.98. The minimum Gasteiger partial charge on any atom is -0.348 e. The molecule has 0 bridgehead atoms. The molecule has 5 nitrogen and oxygen atoms in total. The van der Waals surface area contributed by atoms with Crippen LogP contribution in [0.4, 0.5) is 0 Å². The zero-order valence-electron chi connectivity index (χ0n) is 12.6. The van der Waals surface area contributed by atoms with E-state index in [9.17, 15) is 4.79 Å². The normalized spacial score (nSPS) is 10.9. The largest absolute Gasteiger partial charge is 0.348 e. The number of thioether (sulfide) groups is 1. The van der Waals surface area contributed by atoms with E-state index in [2.05, 4.69) is 15.5 Å². The molecule has 2 heterocycles. The van der Waals surface area contributed by atoms with Gasteiger partial charge in [0.1, 0.15) is 0 Å². The maximum Gasteiger partial charge on any atom is 0.230 e. The van der Waals surface area contributed by atoms with E-state index in [-0.39, 0.29) is 5.91 Å². The van der Waals surface area contributed by atoms with Gasteiger partial charge in [-0.15, -0.1) is 22.0 Å². The Hall–Kier alpha value is -1.76. The van der Waals surface area contributed by atoms with Crippen LogP contribution in [0.2, 0.25) is 10.0 Å². The summed E-state index contributed by atoms with van der Waals surface area (Å²) in [5.74, 6) is 1.63. The van der Waals surface area contributed by atoms with Crippen LogP contribution in [0.3, 0.4) is 0 Å². The summed E-state index contributed by atoms with van der Waals surface area (Å²) < 4.78 is 1.85. The van der Waals surface area contributed by atoms with Gasteiger partial charge in [0.2, 0.25) is 5.91 Å². The summed E-state index contributed by atoms with van der Waals surface area (Å²) in [6.45, 7) is 0.340. The number of hydrogen-bond acceptors (Lipinski definition) is 4. The molecule has 24 heavy (non-hydrogen) atoms. The number of aromatic nitrogens is 3. The second-order valence-corrected chi connectivity index (χ2v) is 6.88. The molecular weight excluding hydrogens is 367 g/mol. The van der Waals surface area contributed by atoms with Gasteiger partial charge in [0, 0.05) is 22.0 Å². The molecule has 0 aliphatic carbocycles. The van der Waals surface area contributed by atoms with Crippen LogP contribution in [0.15, 0.2) is 42.6 Å². The Morgan fingerprint density at radius 2 is 2.08 bits per heavy atom. The molecule has 1 N–H and O–H groups in total. The number of amides is 1. The molecule has 0 radical (unpaired) electrons. The van der Waals surface area contributed by atoms with Gasteiger partial charge >= 0.3 is 0 Å². The molecule has 3 rings (SSSR count). The zero-order chi connectivity index (χ0) is 16.9. The molecule has 0 aliphatic rings. The van der Waals surface area contributed by atoms with Crippen LogP contribution in [0.1, 0.15) is 11.4 Å². The Morgan fingerprint density at radius 3 is 2.92 bits per heavy atom. The standard InChI is InChI=1S/C16H14Cl2N4OS/c17-12-5-4-11(13(18)7-12)9-24-10-16(23)19-8-15-21-20-14-3-1-2-6-22(14)15/h1-7H,8-10H2,(H,19,23). The molecule has 0 saturated heterocycles. The van der Waals surface area contributed by atoms with Gasteiger partial charge in [0.25, 0.3) is 0 Å². The highest BCUT2D eigenvalue weighted by Crippen LogP contribution is 2.24. The third-order valence-corrected chi connectivity index (χ3v) is 4.90. The van der Waals surface area contributed by atoms with E-state index < -0.39 is 0 Å². The van der Waals surface area contributed by atoms with Crippen molar-refractivity contribution in [2.75, 3.05) is 5.75 Å². The number of pyridine rings is 1. The minimum atomic E-state index is -0.0576. The SMILES string of the molecule is O=C(CSCc1ccc(Cl)cc1Cl)NCc1nnc2ccccn12. The first kappa shape index (κ1) is 17.1. The molecule has 3 aromatic rings. The monoisotopic (exact) mass is 380 g/mol. The van der Waals surface area contributed by atoms with Crippen LogP contribution in [0.25, 0.3) is 5.65 Å². The molecule has 0 atom stereocenters. The van der Waals surface area contributed by atoms with E-state index in [0.717, 1.165) is 11.2 Å². The fourth-order valence-electron chi connectivity index (χ4n) is 2.13. The number of carbonyl (C=O) groups is 1. The van der Waals surface area contributed by atoms with Crippen molar-refractivity contribution < 1.29 is 4.79 Å². The Morgan fingerprint density at radius 1 is 1.21 bits per heavy atom. The minimum absolute atomic E-state index is 0.0576. The average molecular weight is 381 g/mol. The van der Waals surface area contributed by atoms with Crippen LogP contribution >= 0.6 is 35.0 Å². The van der Waals surface area contributed by atoms with Crippen molar-refractivity contribution in [2.24, 2.45) is 0 Å². The molecular formula is C16H14Cl2N4OS. The molecule has 0 saturated carbocycles. The highest BCUT2D eigenvalue weighted by Gasteiger charge is 2.08. The van der Waals surface area contributed by atoms with Crippen molar-refractivity contribution in [2.45, 2.75) is 12.3 Å². The number of rotatable bonds is 6. The molecule has 0 unspecified atom stereocenters. The maximum absolute atomic E-state index is 12.0. The quantitative estimate of drug-likeness (QED) is 0.709. The van der Waals surface area contributed by atoms with E-state index in [4.69, 9.17) is 23.2 Å². The van der Waals surface area contributed by atoms with Crippen molar-refractivity contribution in [1.29, 1.82) is 0 Å². The number of nitrogens with zero attached hydrogens (tertiary/aromatic N) is 3. The number of hydrogen-bond donors (Lipinski definition) is 1. The van der Waals surface area contributed by atoms with Gasteiger partial charge in [0.05, 0.1) is 12.3 Å². The summed E-state index contributed by atoms with van der Waals surface area (Å²) in [5, 5.41) is 12.2. The molecule has 124 valence electrons. The van der Waals surface area contributed by atoms with Crippen molar-refractivity contribution in [3.63, 3.8) is 0 Å². The molecule has 1 amide bonds. The number of halogens is 2. The molecule has 0 fully saturated rings. The lowest BCUT2D eigenvalue weighted by atomic mass is 10.2. The highest BCUT2D eigenvalue weighted by atomic mass is 35.5. The van der Waals surface area contributed by atoms with Gasteiger partial charge in [-0.1, -0.05) is 35.3 Å². The smallest absolute Gasteiger partial charge is 0.230 e. The van der Waals surface area contributed by atoms with E-state index in [1.54, 1.807) is 12.1 Å². The second-order valence-electron chi connectivity index (χ2n) is 5.05. The number of carbonyl (C=O) groups excluding carboxylic acids is 1. The Labute approximate surface area is 153 Å². The topological polar surface area (TPSA) is 59.3 Å². The van der Waals surface area contributed by atoms with E-state index >= 15 is 0 Å².